The molecule has 1 amide bonds. The lowest BCUT2D eigenvalue weighted by Crippen LogP contribution is -2.29. The predicted molar refractivity (Wildman–Crippen MR) is 134 cm³/mol. The lowest BCUT2D eigenvalue weighted by Gasteiger charge is -2.19. The predicted octanol–water partition coefficient (Wildman–Crippen LogP) is 4.31. The number of benzene rings is 2. The second-order valence-corrected chi connectivity index (χ2v) is 9.07. The molecule has 10 heteroatoms. The maximum atomic E-state index is 14.2. The maximum Gasteiger partial charge on any atom is 0.252 e. The van der Waals surface area contributed by atoms with Crippen LogP contribution in [0, 0.1) is 12.7 Å². The molecule has 0 saturated carbocycles. The summed E-state index contributed by atoms with van der Waals surface area (Å²) in [4.78, 5) is 22.5. The van der Waals surface area contributed by atoms with Gasteiger partial charge >= 0.3 is 0 Å². The molecule has 0 radical (unpaired) electrons. The molecule has 0 aliphatic carbocycles. The first-order valence-electron chi connectivity index (χ1n) is 11.3. The molecule has 1 N–H and O–H groups in total. The highest BCUT2D eigenvalue weighted by Crippen LogP contribution is 2.26. The third-order valence-electron chi connectivity index (χ3n) is 5.94. The lowest BCUT2D eigenvalue weighted by molar-refractivity contribution is 0.0943. The zero-order valence-electron chi connectivity index (χ0n) is 19.9. The van der Waals surface area contributed by atoms with Crippen molar-refractivity contribution < 1.29 is 9.18 Å². The van der Waals surface area contributed by atoms with Gasteiger partial charge in [0.2, 0.25) is 0 Å². The van der Waals surface area contributed by atoms with E-state index in [4.69, 9.17) is 11.6 Å². The van der Waals surface area contributed by atoms with Crippen molar-refractivity contribution in [3.8, 4) is 0 Å². The molecule has 182 valence electrons. The zero-order chi connectivity index (χ0) is 25.4. The molecule has 36 heavy (non-hydrogen) atoms. The standard InChI is InChI=1S/C26H23ClFN7O/c1-15-8-20(35(3)33-15)11-24-29-12-18-5-4-17(10-23(18)31-24)26(36)32-25(19-13-30-34(2)14-19)16-6-7-21(27)22(28)9-16/h4-10,12-14,25H,11H2,1-3H3,(H,32,36)/t25-/m0/s1. The van der Waals surface area contributed by atoms with Gasteiger partial charge in [0.15, 0.2) is 0 Å². The molecule has 1 atom stereocenters. The number of amides is 1. The van der Waals surface area contributed by atoms with Crippen molar-refractivity contribution in [1.82, 2.24) is 34.8 Å². The molecule has 2 aromatic carbocycles. The van der Waals surface area contributed by atoms with Crippen molar-refractivity contribution in [1.29, 1.82) is 0 Å². The van der Waals surface area contributed by atoms with Gasteiger partial charge in [-0.1, -0.05) is 23.7 Å². The Morgan fingerprint density at radius 1 is 1.11 bits per heavy atom. The van der Waals surface area contributed by atoms with Gasteiger partial charge in [0.25, 0.3) is 5.91 Å². The smallest absolute Gasteiger partial charge is 0.252 e. The van der Waals surface area contributed by atoms with E-state index in [9.17, 15) is 9.18 Å². The van der Waals surface area contributed by atoms with Gasteiger partial charge in [-0.3, -0.25) is 14.2 Å². The Morgan fingerprint density at radius 2 is 1.94 bits per heavy atom. The molecule has 0 aliphatic rings. The van der Waals surface area contributed by atoms with Crippen molar-refractivity contribution in [3.63, 3.8) is 0 Å². The van der Waals surface area contributed by atoms with E-state index in [-0.39, 0.29) is 10.9 Å². The van der Waals surface area contributed by atoms with Gasteiger partial charge in [0.1, 0.15) is 11.6 Å². The van der Waals surface area contributed by atoms with Gasteiger partial charge < -0.3 is 5.32 Å². The number of carbonyl (C=O) groups excluding carboxylic acids is 1. The van der Waals surface area contributed by atoms with Crippen LogP contribution in [0.4, 0.5) is 4.39 Å². The molecule has 5 rings (SSSR count). The van der Waals surface area contributed by atoms with Crippen LogP contribution < -0.4 is 5.32 Å². The molecule has 0 bridgehead atoms. The fourth-order valence-corrected chi connectivity index (χ4v) is 4.25. The molecule has 0 unspecified atom stereocenters. The van der Waals surface area contributed by atoms with Crippen molar-refractivity contribution in [2.45, 2.75) is 19.4 Å². The lowest BCUT2D eigenvalue weighted by atomic mass is 10.0. The Balaban J connectivity index is 1.44. The fraction of sp³-hybridized carbons (Fsp3) is 0.192. The minimum absolute atomic E-state index is 0.0151. The highest BCUT2D eigenvalue weighted by molar-refractivity contribution is 6.30. The van der Waals surface area contributed by atoms with E-state index in [1.165, 1.54) is 12.1 Å². The highest BCUT2D eigenvalue weighted by atomic mass is 35.5. The Bertz CT molecular complexity index is 1590. The summed E-state index contributed by atoms with van der Waals surface area (Å²) in [7, 11) is 3.66. The van der Waals surface area contributed by atoms with Crippen molar-refractivity contribution in [2.75, 3.05) is 0 Å². The van der Waals surface area contributed by atoms with Gasteiger partial charge in [-0.25, -0.2) is 14.4 Å². The first kappa shape index (κ1) is 23.6. The number of carbonyl (C=O) groups is 1. The molecule has 8 nitrogen and oxygen atoms in total. The van der Waals surface area contributed by atoms with E-state index < -0.39 is 11.9 Å². The molecule has 3 aromatic heterocycles. The molecule has 3 heterocycles. The fourth-order valence-electron chi connectivity index (χ4n) is 4.13. The summed E-state index contributed by atoms with van der Waals surface area (Å²) in [6.07, 6.45) is 5.68. The molecule has 0 fully saturated rings. The van der Waals surface area contributed by atoms with Crippen molar-refractivity contribution in [3.05, 3.63) is 106 Å². The van der Waals surface area contributed by atoms with Gasteiger partial charge in [0.05, 0.1) is 28.5 Å². The Kier molecular flexibility index (Phi) is 6.24. The number of nitrogens with zero attached hydrogens (tertiary/aromatic N) is 6. The van der Waals surface area contributed by atoms with E-state index in [0.717, 1.165) is 16.8 Å². The quantitative estimate of drug-likeness (QED) is 0.373. The summed E-state index contributed by atoms with van der Waals surface area (Å²) in [5, 5.41) is 12.4. The van der Waals surface area contributed by atoms with E-state index in [0.29, 0.717) is 34.5 Å². The van der Waals surface area contributed by atoms with E-state index in [1.54, 1.807) is 48.5 Å². The minimum atomic E-state index is -0.622. The summed E-state index contributed by atoms with van der Waals surface area (Å²) in [5.41, 5.74) is 4.26. The van der Waals surface area contributed by atoms with Crippen LogP contribution in [0.15, 0.2) is 61.1 Å². The van der Waals surface area contributed by atoms with Crippen LogP contribution in [-0.2, 0) is 20.5 Å². The molecule has 5 aromatic rings. The Labute approximate surface area is 211 Å². The van der Waals surface area contributed by atoms with E-state index >= 15 is 0 Å². The maximum absolute atomic E-state index is 14.2. The number of hydrogen-bond donors (Lipinski definition) is 1. The summed E-state index contributed by atoms with van der Waals surface area (Å²) >= 11 is 5.87. The first-order chi connectivity index (χ1) is 17.3. The topological polar surface area (TPSA) is 90.5 Å². The van der Waals surface area contributed by atoms with Crippen LogP contribution >= 0.6 is 11.6 Å². The van der Waals surface area contributed by atoms with Crippen LogP contribution in [0.25, 0.3) is 10.9 Å². The van der Waals surface area contributed by atoms with Crippen LogP contribution in [0.1, 0.15) is 44.7 Å². The molecule has 0 saturated heterocycles. The average molecular weight is 504 g/mol. The third kappa shape index (κ3) is 4.83. The summed E-state index contributed by atoms with van der Waals surface area (Å²) < 4.78 is 17.7. The number of fused-ring (bicyclic) bond motifs is 1. The second-order valence-electron chi connectivity index (χ2n) is 8.66. The van der Waals surface area contributed by atoms with Crippen LogP contribution in [0.2, 0.25) is 5.02 Å². The van der Waals surface area contributed by atoms with Gasteiger partial charge in [-0.2, -0.15) is 10.2 Å². The zero-order valence-corrected chi connectivity index (χ0v) is 20.7. The summed E-state index contributed by atoms with van der Waals surface area (Å²) in [5.74, 6) is -0.257. The number of aryl methyl sites for hydroxylation is 3. The Hall–Kier alpha value is -4.11. The Morgan fingerprint density at radius 3 is 2.64 bits per heavy atom. The molecule has 0 aliphatic heterocycles. The van der Waals surface area contributed by atoms with E-state index in [1.807, 2.05) is 30.8 Å². The van der Waals surface area contributed by atoms with E-state index in [2.05, 4.69) is 25.5 Å². The average Bonchev–Trinajstić information content (AvgIpc) is 3.42. The number of halogens is 2. The minimum Gasteiger partial charge on any atom is -0.341 e. The van der Waals surface area contributed by atoms with Crippen LogP contribution in [-0.4, -0.2) is 35.4 Å². The second kappa shape index (κ2) is 9.50. The van der Waals surface area contributed by atoms with Gasteiger partial charge in [0, 0.05) is 55.1 Å². The van der Waals surface area contributed by atoms with Crippen molar-refractivity contribution >= 4 is 28.4 Å². The van der Waals surface area contributed by atoms with Crippen LogP contribution in [0.5, 0.6) is 0 Å². The monoisotopic (exact) mass is 503 g/mol. The van der Waals surface area contributed by atoms with Gasteiger partial charge in [-0.05, 0) is 42.8 Å². The largest absolute Gasteiger partial charge is 0.341 e. The SMILES string of the molecule is Cc1cc(Cc2ncc3ccc(C(=O)N[C@@H](c4ccc(Cl)c(F)c4)c4cnn(C)c4)cc3n2)n(C)n1. The number of hydrogen-bond acceptors (Lipinski definition) is 5. The highest BCUT2D eigenvalue weighted by Gasteiger charge is 2.21. The summed E-state index contributed by atoms with van der Waals surface area (Å²) in [6, 6.07) is 11.1. The molecular formula is C26H23ClFN7O. The molecular weight excluding hydrogens is 481 g/mol. The summed E-state index contributed by atoms with van der Waals surface area (Å²) in [6.45, 7) is 1.94. The first-order valence-corrected chi connectivity index (χ1v) is 11.6. The van der Waals surface area contributed by atoms with Gasteiger partial charge in [-0.15, -0.1) is 0 Å². The molecule has 0 spiro atoms. The third-order valence-corrected chi connectivity index (χ3v) is 6.25. The normalized spacial score (nSPS) is 12.1. The van der Waals surface area contributed by atoms with Crippen LogP contribution in [0.3, 0.4) is 0 Å². The number of rotatable bonds is 6. The van der Waals surface area contributed by atoms with Crippen molar-refractivity contribution in [2.24, 2.45) is 14.1 Å². The number of aromatic nitrogens is 6. The number of nitrogens with one attached hydrogen (secondary N) is 1.